The molecular formula is C24H33N5O2S. The summed E-state index contributed by atoms with van der Waals surface area (Å²) in [6.07, 6.45) is 6.49. The molecule has 0 spiro atoms. The molecule has 2 aliphatic rings. The number of aromatic nitrogens is 2. The Balaban J connectivity index is 1.30. The molecule has 2 fully saturated rings. The van der Waals surface area contributed by atoms with E-state index in [1.165, 1.54) is 31.0 Å². The smallest absolute Gasteiger partial charge is 0.233 e. The van der Waals surface area contributed by atoms with Gasteiger partial charge in [-0.2, -0.15) is 0 Å². The summed E-state index contributed by atoms with van der Waals surface area (Å²) in [4.78, 5) is 28.4. The molecular weight excluding hydrogens is 422 g/mol. The fourth-order valence-corrected chi connectivity index (χ4v) is 5.37. The highest BCUT2D eigenvalue weighted by Gasteiger charge is 2.24. The van der Waals surface area contributed by atoms with Crippen molar-refractivity contribution in [1.29, 1.82) is 0 Å². The van der Waals surface area contributed by atoms with Gasteiger partial charge in [0.2, 0.25) is 5.91 Å². The first-order chi connectivity index (χ1) is 15.7. The van der Waals surface area contributed by atoms with Gasteiger partial charge in [0.1, 0.15) is 22.9 Å². The lowest BCUT2D eigenvalue weighted by Crippen LogP contribution is -2.49. The molecule has 4 rings (SSSR count). The number of methoxy groups -OCH3 is 1. The summed E-state index contributed by atoms with van der Waals surface area (Å²) in [7, 11) is 1.70. The standard InChI is InChI=1S/C24H33N5O2S/c1-3-19-8-6-7-11-29(19)22-16-23(26-18-25-22)32-17-24(30)28-14-12-27(13-15-28)20-9-4-5-10-21(20)31-2/h4-5,9-10,16,18-19H,3,6-8,11-15,17H2,1-2H3/t19-/m0/s1. The minimum Gasteiger partial charge on any atom is -0.495 e. The van der Waals surface area contributed by atoms with Gasteiger partial charge in [0.15, 0.2) is 0 Å². The molecule has 32 heavy (non-hydrogen) atoms. The summed E-state index contributed by atoms with van der Waals surface area (Å²) in [5.41, 5.74) is 1.09. The third-order valence-corrected chi connectivity index (χ3v) is 7.33. The van der Waals surface area contributed by atoms with Crippen LogP contribution in [0.25, 0.3) is 0 Å². The summed E-state index contributed by atoms with van der Waals surface area (Å²) < 4.78 is 5.49. The van der Waals surface area contributed by atoms with E-state index in [1.807, 2.05) is 29.2 Å². The number of rotatable bonds is 7. The van der Waals surface area contributed by atoms with Gasteiger partial charge in [-0.15, -0.1) is 0 Å². The highest BCUT2D eigenvalue weighted by Crippen LogP contribution is 2.29. The number of para-hydroxylation sites is 2. The van der Waals surface area contributed by atoms with Gasteiger partial charge in [0.25, 0.3) is 0 Å². The Morgan fingerprint density at radius 2 is 1.94 bits per heavy atom. The fourth-order valence-electron chi connectivity index (χ4n) is 4.61. The molecule has 2 aromatic rings. The van der Waals surface area contributed by atoms with E-state index in [2.05, 4.69) is 32.8 Å². The first-order valence-corrected chi connectivity index (χ1v) is 12.6. The average molecular weight is 456 g/mol. The molecule has 0 aliphatic carbocycles. The molecule has 1 amide bonds. The molecule has 7 nitrogen and oxygen atoms in total. The number of carbonyl (C=O) groups excluding carboxylic acids is 1. The number of amides is 1. The van der Waals surface area contributed by atoms with Crippen molar-refractivity contribution in [3.05, 3.63) is 36.7 Å². The zero-order chi connectivity index (χ0) is 22.3. The fraction of sp³-hybridized carbons (Fsp3) is 0.542. The van der Waals surface area contributed by atoms with Crippen LogP contribution in [0.3, 0.4) is 0 Å². The van der Waals surface area contributed by atoms with Crippen LogP contribution in [0.2, 0.25) is 0 Å². The molecule has 0 N–H and O–H groups in total. The predicted octanol–water partition coefficient (Wildman–Crippen LogP) is 3.70. The molecule has 3 heterocycles. The second-order valence-electron chi connectivity index (χ2n) is 8.29. The summed E-state index contributed by atoms with van der Waals surface area (Å²) >= 11 is 1.51. The Hall–Kier alpha value is -2.48. The zero-order valence-corrected chi connectivity index (χ0v) is 19.9. The van der Waals surface area contributed by atoms with Gasteiger partial charge in [-0.25, -0.2) is 9.97 Å². The van der Waals surface area contributed by atoms with Crippen molar-refractivity contribution >= 4 is 29.2 Å². The minimum atomic E-state index is 0.166. The van der Waals surface area contributed by atoms with E-state index in [9.17, 15) is 4.79 Å². The number of hydrogen-bond donors (Lipinski definition) is 0. The zero-order valence-electron chi connectivity index (χ0n) is 19.1. The Labute approximate surface area is 195 Å². The first kappa shape index (κ1) is 22.7. The van der Waals surface area contributed by atoms with E-state index < -0.39 is 0 Å². The van der Waals surface area contributed by atoms with Crippen LogP contribution in [0, 0.1) is 0 Å². The van der Waals surface area contributed by atoms with Crippen molar-refractivity contribution in [3.8, 4) is 5.75 Å². The SMILES string of the molecule is CC[C@H]1CCCCN1c1cc(SCC(=O)N2CCN(c3ccccc3OC)CC2)ncn1. The van der Waals surface area contributed by atoms with E-state index >= 15 is 0 Å². The van der Waals surface area contributed by atoms with Gasteiger partial charge in [-0.05, 0) is 37.8 Å². The van der Waals surface area contributed by atoms with E-state index in [4.69, 9.17) is 4.74 Å². The van der Waals surface area contributed by atoms with Crippen molar-refractivity contribution in [2.24, 2.45) is 0 Å². The van der Waals surface area contributed by atoms with E-state index in [0.717, 1.165) is 61.4 Å². The van der Waals surface area contributed by atoms with Crippen molar-refractivity contribution in [2.75, 3.05) is 55.4 Å². The quantitative estimate of drug-likeness (QED) is 0.466. The summed E-state index contributed by atoms with van der Waals surface area (Å²) in [5.74, 6) is 2.44. The third kappa shape index (κ3) is 5.28. The molecule has 2 aliphatic heterocycles. The normalized spacial score (nSPS) is 19.2. The third-order valence-electron chi connectivity index (χ3n) is 6.42. The van der Waals surface area contributed by atoms with Crippen LogP contribution >= 0.6 is 11.8 Å². The molecule has 0 saturated carbocycles. The Kier molecular flexibility index (Phi) is 7.73. The average Bonchev–Trinajstić information content (AvgIpc) is 2.87. The van der Waals surface area contributed by atoms with Gasteiger partial charge < -0.3 is 19.4 Å². The Morgan fingerprint density at radius 1 is 1.12 bits per heavy atom. The number of benzene rings is 1. The number of piperazine rings is 1. The van der Waals surface area contributed by atoms with Gasteiger partial charge in [0.05, 0.1) is 18.6 Å². The van der Waals surface area contributed by atoms with Crippen LogP contribution in [0.15, 0.2) is 41.7 Å². The molecule has 0 unspecified atom stereocenters. The van der Waals surface area contributed by atoms with Crippen LogP contribution in [-0.4, -0.2) is 72.4 Å². The maximum atomic E-state index is 12.8. The van der Waals surface area contributed by atoms with E-state index in [-0.39, 0.29) is 5.91 Å². The molecule has 1 atom stereocenters. The van der Waals surface area contributed by atoms with Crippen molar-refractivity contribution in [2.45, 2.75) is 43.7 Å². The lowest BCUT2D eigenvalue weighted by molar-refractivity contribution is -0.128. The number of piperidine rings is 1. The highest BCUT2D eigenvalue weighted by molar-refractivity contribution is 7.99. The van der Waals surface area contributed by atoms with Gasteiger partial charge in [-0.3, -0.25) is 4.79 Å². The number of carbonyl (C=O) groups is 1. The second kappa shape index (κ2) is 10.9. The summed E-state index contributed by atoms with van der Waals surface area (Å²) in [6.45, 7) is 6.35. The number of ether oxygens (including phenoxy) is 1. The summed E-state index contributed by atoms with van der Waals surface area (Å²) in [6, 6.07) is 10.7. The monoisotopic (exact) mass is 455 g/mol. The molecule has 0 radical (unpaired) electrons. The topological polar surface area (TPSA) is 61.8 Å². The van der Waals surface area contributed by atoms with Crippen molar-refractivity contribution in [1.82, 2.24) is 14.9 Å². The highest BCUT2D eigenvalue weighted by atomic mass is 32.2. The summed E-state index contributed by atoms with van der Waals surface area (Å²) in [5, 5.41) is 0.872. The Bertz CT molecular complexity index is 903. The second-order valence-corrected chi connectivity index (χ2v) is 9.29. The van der Waals surface area contributed by atoms with Gasteiger partial charge >= 0.3 is 0 Å². The number of thioether (sulfide) groups is 1. The number of hydrogen-bond acceptors (Lipinski definition) is 7. The lowest BCUT2D eigenvalue weighted by Gasteiger charge is -2.36. The van der Waals surface area contributed by atoms with Gasteiger partial charge in [-0.1, -0.05) is 30.8 Å². The molecule has 8 heteroatoms. The van der Waals surface area contributed by atoms with E-state index in [0.29, 0.717) is 11.8 Å². The van der Waals surface area contributed by atoms with Crippen LogP contribution < -0.4 is 14.5 Å². The maximum Gasteiger partial charge on any atom is 0.233 e. The number of nitrogens with zero attached hydrogens (tertiary/aromatic N) is 5. The van der Waals surface area contributed by atoms with Crippen LogP contribution in [0.4, 0.5) is 11.5 Å². The molecule has 1 aromatic carbocycles. The molecule has 172 valence electrons. The lowest BCUT2D eigenvalue weighted by atomic mass is 10.0. The van der Waals surface area contributed by atoms with Crippen LogP contribution in [0.1, 0.15) is 32.6 Å². The van der Waals surface area contributed by atoms with Crippen LogP contribution in [-0.2, 0) is 4.79 Å². The van der Waals surface area contributed by atoms with Crippen LogP contribution in [0.5, 0.6) is 5.75 Å². The number of anilines is 2. The van der Waals surface area contributed by atoms with Crippen molar-refractivity contribution in [3.63, 3.8) is 0 Å². The Morgan fingerprint density at radius 3 is 2.72 bits per heavy atom. The largest absolute Gasteiger partial charge is 0.495 e. The minimum absolute atomic E-state index is 0.166. The van der Waals surface area contributed by atoms with Gasteiger partial charge in [0, 0.05) is 44.8 Å². The predicted molar refractivity (Wildman–Crippen MR) is 130 cm³/mol. The molecule has 1 aromatic heterocycles. The molecule has 2 saturated heterocycles. The van der Waals surface area contributed by atoms with E-state index in [1.54, 1.807) is 13.4 Å². The maximum absolute atomic E-state index is 12.8. The van der Waals surface area contributed by atoms with Crippen molar-refractivity contribution < 1.29 is 9.53 Å². The molecule has 0 bridgehead atoms. The first-order valence-electron chi connectivity index (χ1n) is 11.6.